The molecule has 0 aliphatic heterocycles. The fraction of sp³-hybridized carbons (Fsp3) is 0.200. The van der Waals surface area contributed by atoms with Gasteiger partial charge in [-0.1, -0.05) is 35.3 Å². The highest BCUT2D eigenvalue weighted by molar-refractivity contribution is 6.30. The molecule has 0 aliphatic rings. The molecular weight excluding hydrogens is 303 g/mol. The molecule has 2 aromatic carbocycles. The second kappa shape index (κ2) is 7.04. The Kier molecular flexibility index (Phi) is 5.38. The van der Waals surface area contributed by atoms with Crippen LogP contribution in [0.1, 0.15) is 18.1 Å². The lowest BCUT2D eigenvalue weighted by molar-refractivity contribution is 0.202. The van der Waals surface area contributed by atoms with E-state index in [9.17, 15) is 0 Å². The zero-order chi connectivity index (χ0) is 13.7. The molecule has 1 atom stereocenters. The van der Waals surface area contributed by atoms with Crippen molar-refractivity contribution in [3.05, 3.63) is 64.1 Å². The Balaban J connectivity index is 2.15. The molecule has 19 heavy (non-hydrogen) atoms. The molecule has 0 heterocycles. The number of hydrogen-bond acceptors (Lipinski definition) is 1. The quantitative estimate of drug-likeness (QED) is 0.639. The Morgan fingerprint density at radius 3 is 1.89 bits per heavy atom. The lowest BCUT2D eigenvalue weighted by Gasteiger charge is -2.19. The summed E-state index contributed by atoms with van der Waals surface area (Å²) in [6, 6.07) is 14.9. The Bertz CT molecular complexity index is 508. The summed E-state index contributed by atoms with van der Waals surface area (Å²) in [7, 11) is 0. The highest BCUT2D eigenvalue weighted by Gasteiger charge is 2.12. The Morgan fingerprint density at radius 1 is 0.842 bits per heavy atom. The van der Waals surface area contributed by atoms with Gasteiger partial charge in [0.25, 0.3) is 0 Å². The molecule has 0 saturated carbocycles. The zero-order valence-corrected chi connectivity index (χ0v) is 12.4. The van der Waals surface area contributed by atoms with Crippen LogP contribution in [-0.4, -0.2) is 5.88 Å². The first-order valence-corrected chi connectivity index (χ1v) is 7.22. The number of rotatable bonds is 5. The second-order valence-corrected chi connectivity index (χ2v) is 5.34. The van der Waals surface area contributed by atoms with Gasteiger partial charge in [0.1, 0.15) is 11.9 Å². The lowest BCUT2D eigenvalue weighted by Crippen LogP contribution is -2.08. The highest BCUT2D eigenvalue weighted by atomic mass is 35.5. The standard InChI is InChI=1S/C15H13Cl3O/c16-10-9-15(11-1-3-12(17)4-2-11)19-14-7-5-13(18)6-8-14/h1-8,15H,9-10H2/t15-/m0/s1. The third-order valence-corrected chi connectivity index (χ3v) is 3.43. The molecule has 0 unspecified atom stereocenters. The predicted octanol–water partition coefficient (Wildman–Crippen LogP) is 5.74. The van der Waals surface area contributed by atoms with Crippen molar-refractivity contribution in [3.8, 4) is 5.75 Å². The summed E-state index contributed by atoms with van der Waals surface area (Å²) in [5.74, 6) is 1.30. The fourth-order valence-electron chi connectivity index (χ4n) is 1.75. The minimum atomic E-state index is -0.0871. The molecule has 4 heteroatoms. The number of halogens is 3. The van der Waals surface area contributed by atoms with Crippen molar-refractivity contribution in [1.82, 2.24) is 0 Å². The van der Waals surface area contributed by atoms with Gasteiger partial charge in [0.05, 0.1) is 0 Å². The van der Waals surface area contributed by atoms with E-state index in [0.29, 0.717) is 15.9 Å². The molecule has 0 fully saturated rings. The minimum absolute atomic E-state index is 0.0871. The Labute approximate surface area is 128 Å². The van der Waals surface area contributed by atoms with Crippen molar-refractivity contribution >= 4 is 34.8 Å². The monoisotopic (exact) mass is 314 g/mol. The number of hydrogen-bond donors (Lipinski definition) is 0. The SMILES string of the molecule is ClCC[C@H](Oc1ccc(Cl)cc1)c1ccc(Cl)cc1. The maximum atomic E-state index is 5.95. The summed E-state index contributed by atoms with van der Waals surface area (Å²) in [4.78, 5) is 0. The Morgan fingerprint density at radius 2 is 1.37 bits per heavy atom. The topological polar surface area (TPSA) is 9.23 Å². The van der Waals surface area contributed by atoms with Crippen LogP contribution in [0.3, 0.4) is 0 Å². The summed E-state index contributed by atoms with van der Waals surface area (Å²) < 4.78 is 5.95. The van der Waals surface area contributed by atoms with Gasteiger partial charge in [-0.05, 0) is 42.0 Å². The zero-order valence-electron chi connectivity index (χ0n) is 10.2. The van der Waals surface area contributed by atoms with Crippen LogP contribution in [0.2, 0.25) is 10.0 Å². The second-order valence-electron chi connectivity index (χ2n) is 4.09. The van der Waals surface area contributed by atoms with E-state index in [4.69, 9.17) is 39.5 Å². The first kappa shape index (κ1) is 14.5. The predicted molar refractivity (Wildman–Crippen MR) is 81.6 cm³/mol. The van der Waals surface area contributed by atoms with Crippen molar-refractivity contribution in [3.63, 3.8) is 0 Å². The van der Waals surface area contributed by atoms with E-state index in [-0.39, 0.29) is 6.10 Å². The van der Waals surface area contributed by atoms with E-state index < -0.39 is 0 Å². The number of alkyl halides is 1. The van der Waals surface area contributed by atoms with Crippen LogP contribution in [0.4, 0.5) is 0 Å². The van der Waals surface area contributed by atoms with Crippen LogP contribution in [-0.2, 0) is 0 Å². The molecule has 0 N–H and O–H groups in total. The number of ether oxygens (including phenoxy) is 1. The molecular formula is C15H13Cl3O. The molecule has 0 amide bonds. The molecule has 0 bridgehead atoms. The summed E-state index contributed by atoms with van der Waals surface area (Å²) >= 11 is 17.6. The number of benzene rings is 2. The maximum Gasteiger partial charge on any atom is 0.125 e. The average molecular weight is 316 g/mol. The van der Waals surface area contributed by atoms with E-state index in [2.05, 4.69) is 0 Å². The molecule has 1 nitrogen and oxygen atoms in total. The van der Waals surface area contributed by atoms with E-state index in [1.165, 1.54) is 0 Å². The van der Waals surface area contributed by atoms with E-state index in [0.717, 1.165) is 17.7 Å². The summed E-state index contributed by atoms with van der Waals surface area (Å²) in [5.41, 5.74) is 1.06. The van der Waals surface area contributed by atoms with Gasteiger partial charge in [-0.3, -0.25) is 0 Å². The van der Waals surface area contributed by atoms with Crippen LogP contribution < -0.4 is 4.74 Å². The molecule has 0 radical (unpaired) electrons. The molecule has 0 saturated heterocycles. The molecule has 0 aromatic heterocycles. The first-order chi connectivity index (χ1) is 9.19. The van der Waals surface area contributed by atoms with Crippen LogP contribution in [0.15, 0.2) is 48.5 Å². The smallest absolute Gasteiger partial charge is 0.125 e. The summed E-state index contributed by atoms with van der Waals surface area (Å²) in [6.07, 6.45) is 0.641. The molecule has 2 aromatic rings. The van der Waals surface area contributed by atoms with Gasteiger partial charge in [-0.2, -0.15) is 0 Å². The van der Waals surface area contributed by atoms with Gasteiger partial charge in [0.15, 0.2) is 0 Å². The largest absolute Gasteiger partial charge is 0.486 e. The third kappa shape index (κ3) is 4.31. The Hall–Kier alpha value is -0.890. The van der Waals surface area contributed by atoms with E-state index in [1.807, 2.05) is 36.4 Å². The van der Waals surface area contributed by atoms with Crippen molar-refractivity contribution in [2.75, 3.05) is 5.88 Å². The van der Waals surface area contributed by atoms with Gasteiger partial charge >= 0.3 is 0 Å². The average Bonchev–Trinajstić information content (AvgIpc) is 2.42. The van der Waals surface area contributed by atoms with Crippen molar-refractivity contribution < 1.29 is 4.74 Å². The fourth-order valence-corrected chi connectivity index (χ4v) is 2.20. The van der Waals surface area contributed by atoms with Gasteiger partial charge < -0.3 is 4.74 Å². The van der Waals surface area contributed by atoms with Gasteiger partial charge in [0, 0.05) is 22.3 Å². The van der Waals surface area contributed by atoms with Gasteiger partial charge in [-0.15, -0.1) is 11.6 Å². The summed E-state index contributed by atoms with van der Waals surface area (Å²) in [5, 5.41) is 1.40. The molecule has 100 valence electrons. The van der Waals surface area contributed by atoms with Crippen LogP contribution >= 0.6 is 34.8 Å². The minimum Gasteiger partial charge on any atom is -0.486 e. The molecule has 0 aliphatic carbocycles. The molecule has 0 spiro atoms. The van der Waals surface area contributed by atoms with Gasteiger partial charge in [0.2, 0.25) is 0 Å². The lowest BCUT2D eigenvalue weighted by atomic mass is 10.1. The normalized spacial score (nSPS) is 12.2. The molecule has 2 rings (SSSR count). The van der Waals surface area contributed by atoms with Crippen LogP contribution in [0.25, 0.3) is 0 Å². The van der Waals surface area contributed by atoms with Crippen molar-refractivity contribution in [1.29, 1.82) is 0 Å². The van der Waals surface area contributed by atoms with Crippen molar-refractivity contribution in [2.45, 2.75) is 12.5 Å². The maximum absolute atomic E-state index is 5.95. The third-order valence-electron chi connectivity index (χ3n) is 2.71. The van der Waals surface area contributed by atoms with Crippen LogP contribution in [0, 0.1) is 0 Å². The van der Waals surface area contributed by atoms with E-state index in [1.54, 1.807) is 12.1 Å². The highest BCUT2D eigenvalue weighted by Crippen LogP contribution is 2.27. The van der Waals surface area contributed by atoms with Gasteiger partial charge in [-0.25, -0.2) is 0 Å². The summed E-state index contributed by atoms with van der Waals surface area (Å²) in [6.45, 7) is 0. The van der Waals surface area contributed by atoms with Crippen LogP contribution in [0.5, 0.6) is 5.75 Å². The van der Waals surface area contributed by atoms with E-state index >= 15 is 0 Å². The van der Waals surface area contributed by atoms with Crippen molar-refractivity contribution in [2.24, 2.45) is 0 Å². The first-order valence-electron chi connectivity index (χ1n) is 5.92.